The summed E-state index contributed by atoms with van der Waals surface area (Å²) >= 11 is 0.994. The molecule has 0 fully saturated rings. The van der Waals surface area contributed by atoms with Crippen LogP contribution in [0.5, 0.6) is 10.9 Å². The molecule has 0 radical (unpaired) electrons. The molecule has 0 unspecified atom stereocenters. The van der Waals surface area contributed by atoms with Crippen molar-refractivity contribution in [2.45, 2.75) is 13.5 Å². The van der Waals surface area contributed by atoms with Gasteiger partial charge in [0.2, 0.25) is 5.01 Å². The van der Waals surface area contributed by atoms with Crippen LogP contribution in [0.4, 0.5) is 0 Å². The zero-order valence-electron chi connectivity index (χ0n) is 10.2. The third kappa shape index (κ3) is 3.27. The average Bonchev–Trinajstić information content (AvgIpc) is 2.88. The molecule has 0 saturated heterocycles. The van der Waals surface area contributed by atoms with Gasteiger partial charge in [-0.3, -0.25) is 0 Å². The van der Waals surface area contributed by atoms with Crippen LogP contribution in [0.2, 0.25) is 0 Å². The van der Waals surface area contributed by atoms with Crippen LogP contribution in [0.1, 0.15) is 22.3 Å². The Balaban J connectivity index is 2.13. The molecule has 1 N–H and O–H groups in total. The van der Waals surface area contributed by atoms with E-state index in [9.17, 15) is 9.90 Å². The first-order chi connectivity index (χ1) is 9.24. The second-order valence-electron chi connectivity index (χ2n) is 3.46. The predicted molar refractivity (Wildman–Crippen MR) is 68.3 cm³/mol. The lowest BCUT2D eigenvalue weighted by Gasteiger charge is -2.05. The fourth-order valence-electron chi connectivity index (χ4n) is 1.35. The van der Waals surface area contributed by atoms with E-state index in [1.54, 1.807) is 31.2 Å². The van der Waals surface area contributed by atoms with Crippen molar-refractivity contribution >= 4 is 17.3 Å². The number of nitrogens with zero attached hydrogens (tertiary/aromatic N) is 2. The SMILES string of the molecule is CCOC(=O)c1nnc(Oc2ccccc2CO)s1. The molecule has 0 aliphatic carbocycles. The van der Waals surface area contributed by atoms with Gasteiger partial charge in [-0.1, -0.05) is 23.3 Å². The number of para-hydroxylation sites is 1. The Morgan fingerprint density at radius 1 is 1.37 bits per heavy atom. The maximum absolute atomic E-state index is 11.4. The zero-order valence-corrected chi connectivity index (χ0v) is 11.0. The number of ether oxygens (including phenoxy) is 2. The Hall–Kier alpha value is -1.99. The lowest BCUT2D eigenvalue weighted by molar-refractivity contribution is 0.0525. The van der Waals surface area contributed by atoms with Gasteiger partial charge in [-0.15, -0.1) is 5.10 Å². The lowest BCUT2D eigenvalue weighted by Crippen LogP contribution is -2.03. The number of carbonyl (C=O) groups is 1. The number of rotatable bonds is 5. The fourth-order valence-corrected chi connectivity index (χ4v) is 1.96. The first-order valence-corrected chi connectivity index (χ1v) is 6.43. The summed E-state index contributed by atoms with van der Waals surface area (Å²) in [7, 11) is 0. The first-order valence-electron chi connectivity index (χ1n) is 5.61. The second kappa shape index (κ2) is 6.26. The van der Waals surface area contributed by atoms with Gasteiger partial charge in [0.1, 0.15) is 5.75 Å². The second-order valence-corrected chi connectivity index (χ2v) is 4.40. The molecule has 0 saturated carbocycles. The molecule has 1 aromatic carbocycles. The van der Waals surface area contributed by atoms with Gasteiger partial charge in [0, 0.05) is 5.56 Å². The van der Waals surface area contributed by atoms with Crippen LogP contribution in [0.25, 0.3) is 0 Å². The van der Waals surface area contributed by atoms with E-state index in [2.05, 4.69) is 10.2 Å². The number of aliphatic hydroxyl groups is 1. The Bertz CT molecular complexity index is 570. The molecule has 1 aromatic heterocycles. The molecule has 0 spiro atoms. The molecule has 0 aliphatic rings. The van der Waals surface area contributed by atoms with Crippen LogP contribution in [0.3, 0.4) is 0 Å². The summed E-state index contributed by atoms with van der Waals surface area (Å²) in [6.07, 6.45) is 0. The van der Waals surface area contributed by atoms with E-state index in [4.69, 9.17) is 9.47 Å². The summed E-state index contributed by atoms with van der Waals surface area (Å²) in [6.45, 7) is 1.86. The van der Waals surface area contributed by atoms with Crippen molar-refractivity contribution in [3.63, 3.8) is 0 Å². The molecule has 0 bridgehead atoms. The van der Waals surface area contributed by atoms with Gasteiger partial charge in [0.25, 0.3) is 5.19 Å². The smallest absolute Gasteiger partial charge is 0.369 e. The Kier molecular flexibility index (Phi) is 4.43. The zero-order chi connectivity index (χ0) is 13.7. The minimum absolute atomic E-state index is 0.137. The maximum atomic E-state index is 11.4. The highest BCUT2D eigenvalue weighted by Gasteiger charge is 2.15. The summed E-state index contributed by atoms with van der Waals surface area (Å²) in [4.78, 5) is 11.4. The summed E-state index contributed by atoms with van der Waals surface area (Å²) in [6, 6.07) is 7.02. The van der Waals surface area contributed by atoms with Crippen molar-refractivity contribution in [1.29, 1.82) is 0 Å². The molecular formula is C12H12N2O4S. The minimum Gasteiger partial charge on any atom is -0.461 e. The van der Waals surface area contributed by atoms with Crippen LogP contribution in [0.15, 0.2) is 24.3 Å². The van der Waals surface area contributed by atoms with Crippen LogP contribution < -0.4 is 4.74 Å². The third-order valence-corrected chi connectivity index (χ3v) is 2.98. The first kappa shape index (κ1) is 13.4. The van der Waals surface area contributed by atoms with E-state index in [-0.39, 0.29) is 23.4 Å². The Labute approximate surface area is 113 Å². The molecule has 19 heavy (non-hydrogen) atoms. The molecule has 0 amide bonds. The molecular weight excluding hydrogens is 268 g/mol. The average molecular weight is 280 g/mol. The van der Waals surface area contributed by atoms with Crippen molar-refractivity contribution in [3.8, 4) is 10.9 Å². The number of aromatic nitrogens is 2. The largest absolute Gasteiger partial charge is 0.461 e. The van der Waals surface area contributed by atoms with E-state index < -0.39 is 5.97 Å². The highest BCUT2D eigenvalue weighted by molar-refractivity contribution is 7.14. The molecule has 6 nitrogen and oxygen atoms in total. The summed E-state index contributed by atoms with van der Waals surface area (Å²) < 4.78 is 10.3. The highest BCUT2D eigenvalue weighted by atomic mass is 32.1. The third-order valence-electron chi connectivity index (χ3n) is 2.20. The normalized spacial score (nSPS) is 10.2. The Morgan fingerprint density at radius 3 is 2.89 bits per heavy atom. The summed E-state index contributed by atoms with van der Waals surface area (Å²) in [5, 5.41) is 17.0. The Morgan fingerprint density at radius 2 is 2.16 bits per heavy atom. The fraction of sp³-hybridized carbons (Fsp3) is 0.250. The molecule has 100 valence electrons. The monoisotopic (exact) mass is 280 g/mol. The number of aliphatic hydroxyl groups excluding tert-OH is 1. The van der Waals surface area contributed by atoms with E-state index >= 15 is 0 Å². The van der Waals surface area contributed by atoms with Crippen LogP contribution in [0, 0.1) is 0 Å². The molecule has 0 aliphatic heterocycles. The summed E-state index contributed by atoms with van der Waals surface area (Å²) in [5.41, 5.74) is 0.635. The standard InChI is InChI=1S/C12H12N2O4S/c1-2-17-11(16)10-13-14-12(19-10)18-9-6-4-3-5-8(9)7-15/h3-6,15H,2,7H2,1H3. The highest BCUT2D eigenvalue weighted by Crippen LogP contribution is 2.27. The van der Waals surface area contributed by atoms with E-state index in [1.807, 2.05) is 0 Å². The maximum Gasteiger partial charge on any atom is 0.369 e. The van der Waals surface area contributed by atoms with Crippen molar-refractivity contribution < 1.29 is 19.4 Å². The number of hydrogen-bond acceptors (Lipinski definition) is 7. The number of hydrogen-bond donors (Lipinski definition) is 1. The summed E-state index contributed by atoms with van der Waals surface area (Å²) in [5.74, 6) is -0.0400. The predicted octanol–water partition coefficient (Wildman–Crippen LogP) is 2.00. The van der Waals surface area contributed by atoms with Gasteiger partial charge in [-0.2, -0.15) is 0 Å². The lowest BCUT2D eigenvalue weighted by atomic mass is 10.2. The van der Waals surface area contributed by atoms with Crippen LogP contribution >= 0.6 is 11.3 Å². The van der Waals surface area contributed by atoms with Crippen molar-refractivity contribution in [3.05, 3.63) is 34.8 Å². The van der Waals surface area contributed by atoms with Gasteiger partial charge >= 0.3 is 5.97 Å². The number of carbonyl (C=O) groups excluding carboxylic acids is 1. The molecule has 7 heteroatoms. The molecule has 2 aromatic rings. The van der Waals surface area contributed by atoms with Gasteiger partial charge < -0.3 is 14.6 Å². The number of benzene rings is 1. The van der Waals surface area contributed by atoms with Crippen LogP contribution in [-0.4, -0.2) is 27.9 Å². The van der Waals surface area contributed by atoms with Crippen molar-refractivity contribution in [2.75, 3.05) is 6.61 Å². The minimum atomic E-state index is -0.523. The molecule has 0 atom stereocenters. The topological polar surface area (TPSA) is 81.5 Å². The number of esters is 1. The van der Waals surface area contributed by atoms with E-state index in [1.165, 1.54) is 0 Å². The van der Waals surface area contributed by atoms with Crippen LogP contribution in [-0.2, 0) is 11.3 Å². The van der Waals surface area contributed by atoms with Gasteiger partial charge in [-0.25, -0.2) is 4.79 Å². The quantitative estimate of drug-likeness (QED) is 0.844. The van der Waals surface area contributed by atoms with Gasteiger partial charge in [-0.05, 0) is 24.3 Å². The molecule has 2 rings (SSSR count). The van der Waals surface area contributed by atoms with Gasteiger partial charge in [0.15, 0.2) is 0 Å². The van der Waals surface area contributed by atoms with Crippen molar-refractivity contribution in [1.82, 2.24) is 10.2 Å². The van der Waals surface area contributed by atoms with Gasteiger partial charge in [0.05, 0.1) is 13.2 Å². The van der Waals surface area contributed by atoms with E-state index in [0.717, 1.165) is 11.3 Å². The van der Waals surface area contributed by atoms with Crippen molar-refractivity contribution in [2.24, 2.45) is 0 Å². The van der Waals surface area contributed by atoms with E-state index in [0.29, 0.717) is 11.3 Å². The molecule has 1 heterocycles.